The number of rotatable bonds is 5. The molecule has 1 aliphatic heterocycles. The lowest BCUT2D eigenvalue weighted by atomic mass is 10.2. The van der Waals surface area contributed by atoms with Gasteiger partial charge in [-0.25, -0.2) is 15.0 Å². The van der Waals surface area contributed by atoms with Crippen LogP contribution in [-0.2, 0) is 13.0 Å². The van der Waals surface area contributed by atoms with Gasteiger partial charge in [-0.15, -0.1) is 0 Å². The lowest BCUT2D eigenvalue weighted by Crippen LogP contribution is -2.15. The van der Waals surface area contributed by atoms with Crippen LogP contribution >= 0.6 is 0 Å². The van der Waals surface area contributed by atoms with E-state index in [1.54, 1.807) is 22.9 Å². The van der Waals surface area contributed by atoms with Crippen LogP contribution in [0, 0.1) is 0 Å². The van der Waals surface area contributed by atoms with Crippen LogP contribution in [-0.4, -0.2) is 38.9 Å². The predicted molar refractivity (Wildman–Crippen MR) is 115 cm³/mol. The summed E-state index contributed by atoms with van der Waals surface area (Å²) >= 11 is 0. The number of nitrogens with one attached hydrogen (secondary N) is 1. The average molecular weight is 399 g/mol. The van der Waals surface area contributed by atoms with Gasteiger partial charge in [0, 0.05) is 25.7 Å². The van der Waals surface area contributed by atoms with Crippen molar-refractivity contribution in [1.29, 1.82) is 0 Å². The summed E-state index contributed by atoms with van der Waals surface area (Å²) < 4.78 is 1.68. The Balaban J connectivity index is 1.60. The average Bonchev–Trinajstić information content (AvgIpc) is 3.36. The van der Waals surface area contributed by atoms with E-state index < -0.39 is 5.91 Å². The monoisotopic (exact) mass is 399 g/mol. The number of hydrogen-bond donors (Lipinski definition) is 2. The molecule has 150 valence electrons. The van der Waals surface area contributed by atoms with Crippen molar-refractivity contribution in [1.82, 2.24) is 19.4 Å². The van der Waals surface area contributed by atoms with Crippen molar-refractivity contribution >= 4 is 23.1 Å². The Morgan fingerprint density at radius 3 is 2.77 bits per heavy atom. The van der Waals surface area contributed by atoms with Crippen molar-refractivity contribution < 1.29 is 4.79 Å². The highest BCUT2D eigenvalue weighted by molar-refractivity contribution is 5.93. The van der Waals surface area contributed by atoms with Gasteiger partial charge in [0.15, 0.2) is 5.82 Å². The van der Waals surface area contributed by atoms with Crippen LogP contribution in [0.1, 0.15) is 21.6 Å². The zero-order valence-electron chi connectivity index (χ0n) is 16.5. The van der Waals surface area contributed by atoms with E-state index in [0.29, 0.717) is 23.8 Å². The molecule has 0 aliphatic carbocycles. The van der Waals surface area contributed by atoms with Gasteiger partial charge in [-0.2, -0.15) is 0 Å². The maximum Gasteiger partial charge on any atom is 0.265 e. The van der Waals surface area contributed by atoms with Crippen LogP contribution < -0.4 is 16.0 Å². The molecule has 8 heteroatoms. The minimum Gasteiger partial charge on any atom is -0.366 e. The fourth-order valence-corrected chi connectivity index (χ4v) is 3.83. The fraction of sp³-hybridized carbons (Fsp3) is 0.182. The van der Waals surface area contributed by atoms with Crippen molar-refractivity contribution in [2.75, 3.05) is 23.8 Å². The van der Waals surface area contributed by atoms with Gasteiger partial charge in [0.05, 0.1) is 5.52 Å². The first-order chi connectivity index (χ1) is 14.6. The molecule has 0 bridgehead atoms. The number of anilines is 2. The van der Waals surface area contributed by atoms with Crippen LogP contribution in [0.15, 0.2) is 54.9 Å². The summed E-state index contributed by atoms with van der Waals surface area (Å²) in [6.45, 7) is 1.56. The quantitative estimate of drug-likeness (QED) is 0.535. The maximum atomic E-state index is 11.8. The molecule has 0 spiro atoms. The third-order valence-electron chi connectivity index (χ3n) is 5.38. The minimum absolute atomic E-state index is 0.368. The number of nitrogens with two attached hydrogens (primary N) is 1. The van der Waals surface area contributed by atoms with E-state index in [4.69, 9.17) is 15.7 Å². The number of nitrogens with zero attached hydrogens (tertiary/aromatic N) is 5. The van der Waals surface area contributed by atoms with Crippen molar-refractivity contribution in [2.45, 2.75) is 13.0 Å². The number of amides is 1. The first kappa shape index (κ1) is 18.1. The number of imidazole rings is 1. The minimum atomic E-state index is -0.510. The summed E-state index contributed by atoms with van der Waals surface area (Å²) in [6, 6.07) is 15.5. The molecule has 3 N–H and O–H groups in total. The lowest BCUT2D eigenvalue weighted by Gasteiger charge is -2.14. The van der Waals surface area contributed by atoms with Gasteiger partial charge >= 0.3 is 0 Å². The number of likely N-dealkylation sites (N-methyl/N-ethyl adjacent to an activating group) is 1. The van der Waals surface area contributed by atoms with Gasteiger partial charge in [0.1, 0.15) is 29.4 Å². The molecule has 4 heterocycles. The van der Waals surface area contributed by atoms with E-state index in [9.17, 15) is 4.79 Å². The first-order valence-electron chi connectivity index (χ1n) is 9.78. The van der Waals surface area contributed by atoms with Gasteiger partial charge in [-0.05, 0) is 24.1 Å². The molecule has 0 fully saturated rings. The van der Waals surface area contributed by atoms with Gasteiger partial charge in [0.25, 0.3) is 5.91 Å². The topological polar surface area (TPSA) is 101 Å². The third kappa shape index (κ3) is 3.02. The van der Waals surface area contributed by atoms with Crippen molar-refractivity contribution in [3.05, 3.63) is 71.7 Å². The molecule has 0 unspecified atom stereocenters. The Hall–Kier alpha value is -3.94. The number of aromatic nitrogens is 4. The summed E-state index contributed by atoms with van der Waals surface area (Å²) in [5.41, 5.74) is 9.51. The van der Waals surface area contributed by atoms with Crippen LogP contribution in [0.4, 0.5) is 11.6 Å². The van der Waals surface area contributed by atoms with E-state index in [1.165, 1.54) is 5.56 Å². The number of fused-ring (bicyclic) bond motifs is 2. The molecule has 30 heavy (non-hydrogen) atoms. The highest BCUT2D eigenvalue weighted by Gasteiger charge is 2.25. The van der Waals surface area contributed by atoms with E-state index in [2.05, 4.69) is 27.3 Å². The summed E-state index contributed by atoms with van der Waals surface area (Å²) in [7, 11) is 2.03. The Bertz CT molecular complexity index is 1250. The molecule has 0 saturated carbocycles. The van der Waals surface area contributed by atoms with Gasteiger partial charge in [-0.1, -0.05) is 36.4 Å². The van der Waals surface area contributed by atoms with Gasteiger partial charge in [0.2, 0.25) is 0 Å². The predicted octanol–water partition coefficient (Wildman–Crippen LogP) is 2.49. The second-order valence-electron chi connectivity index (χ2n) is 7.33. The molecule has 0 saturated heterocycles. The SMILES string of the molecule is CN1CCc2c(NCc3ccccc3)nc(-c3ncn4c(C(N)=O)cccc34)nc21. The number of hydrogen-bond acceptors (Lipinski definition) is 6. The zero-order valence-corrected chi connectivity index (χ0v) is 16.5. The first-order valence-corrected chi connectivity index (χ1v) is 9.78. The van der Waals surface area contributed by atoms with Crippen molar-refractivity contribution in [3.8, 4) is 11.5 Å². The molecule has 0 radical (unpaired) electrons. The lowest BCUT2D eigenvalue weighted by molar-refractivity contribution is 0.0994. The molecule has 8 nitrogen and oxygen atoms in total. The maximum absolute atomic E-state index is 11.8. The Morgan fingerprint density at radius 1 is 1.13 bits per heavy atom. The molecular weight excluding hydrogens is 378 g/mol. The van der Waals surface area contributed by atoms with Crippen molar-refractivity contribution in [2.24, 2.45) is 5.73 Å². The number of primary amides is 1. The summed E-state index contributed by atoms with van der Waals surface area (Å²) in [5, 5.41) is 3.48. The highest BCUT2D eigenvalue weighted by atomic mass is 16.1. The molecule has 3 aromatic heterocycles. The number of benzene rings is 1. The molecule has 1 aliphatic rings. The fourth-order valence-electron chi connectivity index (χ4n) is 3.83. The second-order valence-corrected chi connectivity index (χ2v) is 7.33. The molecule has 0 atom stereocenters. The molecule has 1 amide bonds. The second kappa shape index (κ2) is 7.14. The van der Waals surface area contributed by atoms with E-state index in [1.807, 2.05) is 31.3 Å². The number of carbonyl (C=O) groups is 1. The largest absolute Gasteiger partial charge is 0.366 e. The number of pyridine rings is 1. The van der Waals surface area contributed by atoms with Crippen LogP contribution in [0.2, 0.25) is 0 Å². The Morgan fingerprint density at radius 2 is 1.97 bits per heavy atom. The number of carbonyl (C=O) groups excluding carboxylic acids is 1. The van der Waals surface area contributed by atoms with Gasteiger partial charge in [-0.3, -0.25) is 9.20 Å². The van der Waals surface area contributed by atoms with Crippen LogP contribution in [0.5, 0.6) is 0 Å². The standard InChI is InChI=1S/C22H21N7O/c1-28-11-10-15-20(24-12-14-6-3-2-4-7-14)26-21(27-22(15)28)18-16-8-5-9-17(19(23)30)29(16)13-25-18/h2-9,13H,10-12H2,1H3,(H2,23,30)(H,24,26,27). The van der Waals surface area contributed by atoms with E-state index in [-0.39, 0.29) is 0 Å². The van der Waals surface area contributed by atoms with E-state index >= 15 is 0 Å². The third-order valence-corrected chi connectivity index (χ3v) is 5.38. The molecular formula is C22H21N7O. The Labute approximate surface area is 173 Å². The Kier molecular flexibility index (Phi) is 4.31. The highest BCUT2D eigenvalue weighted by Crippen LogP contribution is 2.33. The summed E-state index contributed by atoms with van der Waals surface area (Å²) in [5.74, 6) is 1.73. The van der Waals surface area contributed by atoms with Crippen molar-refractivity contribution in [3.63, 3.8) is 0 Å². The van der Waals surface area contributed by atoms with Gasteiger partial charge < -0.3 is 16.0 Å². The molecule has 5 rings (SSSR count). The molecule has 4 aromatic rings. The summed E-state index contributed by atoms with van der Waals surface area (Å²) in [4.78, 5) is 28.0. The summed E-state index contributed by atoms with van der Waals surface area (Å²) in [6.07, 6.45) is 2.47. The zero-order chi connectivity index (χ0) is 20.7. The van der Waals surface area contributed by atoms with E-state index in [0.717, 1.165) is 35.7 Å². The normalized spacial score (nSPS) is 12.9. The smallest absolute Gasteiger partial charge is 0.265 e. The van der Waals surface area contributed by atoms with Crippen LogP contribution in [0.25, 0.3) is 17.0 Å². The van der Waals surface area contributed by atoms with Crippen LogP contribution in [0.3, 0.4) is 0 Å². The molecule has 1 aromatic carbocycles.